The highest BCUT2D eigenvalue weighted by atomic mass is 16.5. The van der Waals surface area contributed by atoms with E-state index in [9.17, 15) is 9.59 Å². The highest BCUT2D eigenvalue weighted by molar-refractivity contribution is 5.96. The molecule has 0 saturated heterocycles. The predicted octanol–water partition coefficient (Wildman–Crippen LogP) is 1.40. The van der Waals surface area contributed by atoms with Crippen molar-refractivity contribution in [2.45, 2.75) is 33.2 Å². The molecule has 8 heteroatoms. The summed E-state index contributed by atoms with van der Waals surface area (Å²) in [5, 5.41) is 7.17. The monoisotopic (exact) mass is 371 g/mol. The Morgan fingerprint density at radius 3 is 2.96 bits per heavy atom. The number of rotatable bonds is 7. The number of hydrogen-bond donors (Lipinski definition) is 2. The van der Waals surface area contributed by atoms with E-state index in [1.165, 1.54) is 6.20 Å². The number of nitrogens with zero attached hydrogens (tertiary/aromatic N) is 3. The van der Waals surface area contributed by atoms with Gasteiger partial charge in [-0.1, -0.05) is 13.8 Å². The normalized spacial score (nSPS) is 16.0. The third-order valence-corrected chi connectivity index (χ3v) is 4.57. The molecule has 0 saturated carbocycles. The standard InChI is InChI=1S/C19H25N5O3/c1-12(2)11-27-19-14(4-3-6-21-19)18(26)22-9-13-5-7-24-16(8-13)15(10-23-24)17(20)25/h3-4,6,10,12-13H,5,7-9,11H2,1-2H3,(H2,20,25)(H,22,26)/t13-/m0/s1. The van der Waals surface area contributed by atoms with Gasteiger partial charge in [0.25, 0.3) is 11.8 Å². The van der Waals surface area contributed by atoms with Gasteiger partial charge >= 0.3 is 0 Å². The lowest BCUT2D eigenvalue weighted by Crippen LogP contribution is -2.34. The van der Waals surface area contributed by atoms with Crippen molar-refractivity contribution in [3.63, 3.8) is 0 Å². The van der Waals surface area contributed by atoms with Gasteiger partial charge in [0.2, 0.25) is 5.88 Å². The van der Waals surface area contributed by atoms with E-state index in [1.54, 1.807) is 18.3 Å². The zero-order valence-electron chi connectivity index (χ0n) is 15.6. The van der Waals surface area contributed by atoms with Gasteiger partial charge in [0, 0.05) is 19.3 Å². The van der Waals surface area contributed by atoms with Gasteiger partial charge in [-0.25, -0.2) is 4.98 Å². The lowest BCUT2D eigenvalue weighted by atomic mass is 9.94. The zero-order chi connectivity index (χ0) is 19.4. The Bertz CT molecular complexity index is 831. The van der Waals surface area contributed by atoms with Crippen LogP contribution in [0.15, 0.2) is 24.5 Å². The third kappa shape index (κ3) is 4.45. The average Bonchev–Trinajstić information content (AvgIpc) is 3.08. The minimum atomic E-state index is -0.469. The van der Waals surface area contributed by atoms with E-state index in [1.807, 2.05) is 18.5 Å². The van der Waals surface area contributed by atoms with Crippen molar-refractivity contribution in [1.29, 1.82) is 0 Å². The molecule has 0 unspecified atom stereocenters. The third-order valence-electron chi connectivity index (χ3n) is 4.57. The van der Waals surface area contributed by atoms with E-state index >= 15 is 0 Å². The first-order valence-electron chi connectivity index (χ1n) is 9.16. The minimum absolute atomic E-state index is 0.212. The van der Waals surface area contributed by atoms with Crippen LogP contribution in [0.2, 0.25) is 0 Å². The molecule has 1 aliphatic heterocycles. The van der Waals surface area contributed by atoms with Gasteiger partial charge in [-0.15, -0.1) is 0 Å². The Morgan fingerprint density at radius 2 is 2.22 bits per heavy atom. The van der Waals surface area contributed by atoms with E-state index in [-0.39, 0.29) is 11.8 Å². The number of fused-ring (bicyclic) bond motifs is 1. The number of amides is 2. The van der Waals surface area contributed by atoms with Crippen LogP contribution in [0.5, 0.6) is 5.88 Å². The van der Waals surface area contributed by atoms with Crippen molar-refractivity contribution in [1.82, 2.24) is 20.1 Å². The molecule has 0 radical (unpaired) electrons. The second kappa shape index (κ2) is 8.20. The summed E-state index contributed by atoms with van der Waals surface area (Å²) < 4.78 is 7.47. The first-order valence-corrected chi connectivity index (χ1v) is 9.16. The largest absolute Gasteiger partial charge is 0.477 e. The van der Waals surface area contributed by atoms with Crippen LogP contribution in [-0.2, 0) is 13.0 Å². The summed E-state index contributed by atoms with van der Waals surface area (Å²) in [6, 6.07) is 3.43. The van der Waals surface area contributed by atoms with Gasteiger partial charge < -0.3 is 15.8 Å². The van der Waals surface area contributed by atoms with Crippen LogP contribution in [0.4, 0.5) is 0 Å². The molecule has 0 aliphatic carbocycles. The Labute approximate surface area is 158 Å². The molecular weight excluding hydrogens is 346 g/mol. The number of ether oxygens (including phenoxy) is 1. The number of aryl methyl sites for hydroxylation is 1. The molecule has 0 spiro atoms. The van der Waals surface area contributed by atoms with Crippen molar-refractivity contribution < 1.29 is 14.3 Å². The first-order chi connectivity index (χ1) is 13.0. The maximum atomic E-state index is 12.6. The first kappa shape index (κ1) is 18.9. The summed E-state index contributed by atoms with van der Waals surface area (Å²) in [7, 11) is 0. The lowest BCUT2D eigenvalue weighted by molar-refractivity contribution is 0.0936. The molecule has 0 bridgehead atoms. The summed E-state index contributed by atoms with van der Waals surface area (Å²) in [5.74, 6) is 0.225. The molecule has 0 aromatic carbocycles. The van der Waals surface area contributed by atoms with Crippen LogP contribution in [0.25, 0.3) is 0 Å². The predicted molar refractivity (Wildman–Crippen MR) is 99.5 cm³/mol. The van der Waals surface area contributed by atoms with Crippen molar-refractivity contribution in [2.75, 3.05) is 13.2 Å². The summed E-state index contributed by atoms with van der Waals surface area (Å²) in [6.07, 6.45) is 4.66. The van der Waals surface area contributed by atoms with Gasteiger partial charge in [0.05, 0.1) is 24.1 Å². The van der Waals surface area contributed by atoms with Crippen molar-refractivity contribution in [2.24, 2.45) is 17.6 Å². The summed E-state index contributed by atoms with van der Waals surface area (Å²) in [5.41, 5.74) is 7.14. The molecule has 3 heterocycles. The SMILES string of the molecule is CC(C)COc1ncccc1C(=O)NC[C@H]1CCn2ncc(C(N)=O)c2C1. The molecule has 2 amide bonds. The second-order valence-corrected chi connectivity index (χ2v) is 7.22. The molecular formula is C19H25N5O3. The molecule has 8 nitrogen and oxygen atoms in total. The van der Waals surface area contributed by atoms with Gasteiger partial charge in [0.1, 0.15) is 5.56 Å². The number of primary amides is 1. The average molecular weight is 371 g/mol. The molecule has 3 N–H and O–H groups in total. The maximum Gasteiger partial charge on any atom is 0.256 e. The topological polar surface area (TPSA) is 112 Å². The fourth-order valence-corrected chi connectivity index (χ4v) is 3.14. The van der Waals surface area contributed by atoms with Crippen molar-refractivity contribution in [3.8, 4) is 5.88 Å². The minimum Gasteiger partial charge on any atom is -0.477 e. The fourth-order valence-electron chi connectivity index (χ4n) is 3.14. The molecule has 27 heavy (non-hydrogen) atoms. The molecule has 0 fully saturated rings. The number of nitrogens with one attached hydrogen (secondary N) is 1. The number of carbonyl (C=O) groups excluding carboxylic acids is 2. The van der Waals surface area contributed by atoms with Gasteiger partial charge in [0.15, 0.2) is 0 Å². The van der Waals surface area contributed by atoms with Crippen LogP contribution in [0.1, 0.15) is 46.7 Å². The van der Waals surface area contributed by atoms with Crippen LogP contribution in [-0.4, -0.2) is 39.7 Å². The number of carbonyl (C=O) groups is 2. The van der Waals surface area contributed by atoms with Crippen LogP contribution in [0, 0.1) is 11.8 Å². The molecule has 1 aliphatic rings. The number of aromatic nitrogens is 3. The summed E-state index contributed by atoms with van der Waals surface area (Å²) in [4.78, 5) is 28.3. The van der Waals surface area contributed by atoms with Crippen LogP contribution in [0.3, 0.4) is 0 Å². The van der Waals surface area contributed by atoms with Gasteiger partial charge in [-0.05, 0) is 36.8 Å². The van der Waals surface area contributed by atoms with Gasteiger partial charge in [-0.3, -0.25) is 14.3 Å². The van der Waals surface area contributed by atoms with E-state index in [2.05, 4.69) is 15.4 Å². The Hall–Kier alpha value is -2.90. The maximum absolute atomic E-state index is 12.6. The lowest BCUT2D eigenvalue weighted by Gasteiger charge is -2.24. The second-order valence-electron chi connectivity index (χ2n) is 7.22. The Balaban J connectivity index is 1.62. The molecule has 1 atom stereocenters. The molecule has 144 valence electrons. The fraction of sp³-hybridized carbons (Fsp3) is 0.474. The van der Waals surface area contributed by atoms with Crippen LogP contribution >= 0.6 is 0 Å². The smallest absolute Gasteiger partial charge is 0.256 e. The summed E-state index contributed by atoms with van der Waals surface area (Å²) >= 11 is 0. The van der Waals surface area contributed by atoms with Crippen molar-refractivity contribution in [3.05, 3.63) is 41.3 Å². The van der Waals surface area contributed by atoms with Gasteiger partial charge in [-0.2, -0.15) is 5.10 Å². The van der Waals surface area contributed by atoms with Crippen LogP contribution < -0.4 is 15.8 Å². The number of nitrogens with two attached hydrogens (primary N) is 1. The Kier molecular flexibility index (Phi) is 5.73. The van der Waals surface area contributed by atoms with E-state index in [0.29, 0.717) is 49.0 Å². The highest BCUT2D eigenvalue weighted by Gasteiger charge is 2.25. The number of pyridine rings is 1. The van der Waals surface area contributed by atoms with Crippen molar-refractivity contribution >= 4 is 11.8 Å². The summed E-state index contributed by atoms with van der Waals surface area (Å²) in [6.45, 7) is 5.78. The highest BCUT2D eigenvalue weighted by Crippen LogP contribution is 2.23. The molecule has 2 aromatic heterocycles. The quantitative estimate of drug-likeness (QED) is 0.764. The number of hydrogen-bond acceptors (Lipinski definition) is 5. The molecule has 2 aromatic rings. The van der Waals surface area contributed by atoms with E-state index in [0.717, 1.165) is 12.1 Å². The Morgan fingerprint density at radius 1 is 1.41 bits per heavy atom. The zero-order valence-corrected chi connectivity index (χ0v) is 15.6. The van der Waals surface area contributed by atoms with E-state index in [4.69, 9.17) is 10.5 Å². The molecule has 3 rings (SSSR count). The van der Waals surface area contributed by atoms with E-state index < -0.39 is 5.91 Å².